The molecule has 0 radical (unpaired) electrons. The van der Waals surface area contributed by atoms with E-state index in [1.165, 1.54) is 29.7 Å². The molecule has 3 heteroatoms. The van der Waals surface area contributed by atoms with Crippen LogP contribution in [0.3, 0.4) is 0 Å². The zero-order valence-corrected chi connectivity index (χ0v) is 14.5. The molecule has 1 aliphatic carbocycles. The number of morpholine rings is 1. The van der Waals surface area contributed by atoms with Gasteiger partial charge in [0.05, 0.1) is 19.8 Å². The molecule has 0 N–H and O–H groups in total. The van der Waals surface area contributed by atoms with Gasteiger partial charge >= 0.3 is 0 Å². The fraction of sp³-hybridized carbons (Fsp3) is 0.600. The molecule has 2 unspecified atom stereocenters. The molecule has 1 aromatic carbocycles. The van der Waals surface area contributed by atoms with E-state index in [-0.39, 0.29) is 0 Å². The minimum atomic E-state index is 0.528. The van der Waals surface area contributed by atoms with Gasteiger partial charge in [0, 0.05) is 31.5 Å². The van der Waals surface area contributed by atoms with Crippen molar-refractivity contribution in [2.45, 2.75) is 32.6 Å². The Morgan fingerprint density at radius 2 is 1.87 bits per heavy atom. The first-order chi connectivity index (χ1) is 11.3. The predicted molar refractivity (Wildman–Crippen MR) is 93.5 cm³/mol. The molecule has 0 aromatic heterocycles. The third kappa shape index (κ3) is 3.61. The highest BCUT2D eigenvalue weighted by Crippen LogP contribution is 2.50. The molecule has 0 spiro atoms. The lowest BCUT2D eigenvalue weighted by Gasteiger charge is -2.44. The van der Waals surface area contributed by atoms with E-state index < -0.39 is 0 Å². The van der Waals surface area contributed by atoms with Crippen molar-refractivity contribution in [1.29, 1.82) is 0 Å². The van der Waals surface area contributed by atoms with Gasteiger partial charge in [0.15, 0.2) is 0 Å². The van der Waals surface area contributed by atoms with Crippen molar-refractivity contribution in [3.8, 4) is 0 Å². The Morgan fingerprint density at radius 3 is 2.52 bits per heavy atom. The molecule has 1 fully saturated rings. The van der Waals surface area contributed by atoms with Crippen molar-refractivity contribution in [2.75, 3.05) is 39.5 Å². The van der Waals surface area contributed by atoms with Crippen molar-refractivity contribution in [2.24, 2.45) is 5.92 Å². The van der Waals surface area contributed by atoms with Crippen LogP contribution in [0, 0.1) is 5.92 Å². The highest BCUT2D eigenvalue weighted by atomic mass is 16.5. The summed E-state index contributed by atoms with van der Waals surface area (Å²) in [7, 11) is 0. The van der Waals surface area contributed by atoms with Crippen LogP contribution in [0.4, 0.5) is 0 Å². The Labute approximate surface area is 140 Å². The number of hydrogen-bond acceptors (Lipinski definition) is 3. The largest absolute Gasteiger partial charge is 0.498 e. The van der Waals surface area contributed by atoms with E-state index in [0.29, 0.717) is 11.8 Å². The summed E-state index contributed by atoms with van der Waals surface area (Å²) in [5.41, 5.74) is 2.94. The first-order valence-corrected chi connectivity index (χ1v) is 9.05. The third-order valence-corrected chi connectivity index (χ3v) is 4.99. The van der Waals surface area contributed by atoms with E-state index in [0.717, 1.165) is 39.5 Å². The van der Waals surface area contributed by atoms with Gasteiger partial charge in [-0.1, -0.05) is 43.7 Å². The fourth-order valence-electron chi connectivity index (χ4n) is 3.92. The van der Waals surface area contributed by atoms with Gasteiger partial charge in [-0.05, 0) is 24.5 Å². The monoisotopic (exact) mass is 315 g/mol. The number of nitrogens with zero attached hydrogens (tertiary/aromatic N) is 1. The number of hydrogen-bond donors (Lipinski definition) is 0. The number of allylic oxidation sites excluding steroid dienone is 1. The van der Waals surface area contributed by atoms with Gasteiger partial charge in [0.2, 0.25) is 0 Å². The van der Waals surface area contributed by atoms with Gasteiger partial charge in [-0.25, -0.2) is 0 Å². The quantitative estimate of drug-likeness (QED) is 0.763. The second-order valence-corrected chi connectivity index (χ2v) is 6.49. The molecule has 3 rings (SSSR count). The van der Waals surface area contributed by atoms with E-state index >= 15 is 0 Å². The van der Waals surface area contributed by atoms with Gasteiger partial charge < -0.3 is 9.47 Å². The van der Waals surface area contributed by atoms with Crippen molar-refractivity contribution in [3.05, 3.63) is 47.2 Å². The first kappa shape index (κ1) is 16.5. The second-order valence-electron chi connectivity index (χ2n) is 6.49. The Morgan fingerprint density at radius 1 is 1.13 bits per heavy atom. The standard InChI is InChI=1S/C20H29NO2/c1-3-8-17-19(16-9-6-5-7-10-16)18(20(17)23-4-2)15-21-11-13-22-14-12-21/h5-7,9-10,17,19H,3-4,8,11-15H2,1-2H3. The van der Waals surface area contributed by atoms with Gasteiger partial charge in [-0.2, -0.15) is 0 Å². The number of rotatable bonds is 7. The molecule has 0 amide bonds. The maximum absolute atomic E-state index is 6.07. The van der Waals surface area contributed by atoms with Crippen molar-refractivity contribution >= 4 is 0 Å². The van der Waals surface area contributed by atoms with Crippen molar-refractivity contribution in [3.63, 3.8) is 0 Å². The normalized spacial score (nSPS) is 25.3. The Balaban J connectivity index is 1.84. The predicted octanol–water partition coefficient (Wildman–Crippen LogP) is 3.82. The van der Waals surface area contributed by atoms with E-state index in [4.69, 9.17) is 9.47 Å². The average Bonchev–Trinajstić information content (AvgIpc) is 2.60. The third-order valence-electron chi connectivity index (χ3n) is 4.99. The summed E-state index contributed by atoms with van der Waals surface area (Å²) < 4.78 is 11.6. The van der Waals surface area contributed by atoms with E-state index in [2.05, 4.69) is 49.1 Å². The highest BCUT2D eigenvalue weighted by Gasteiger charge is 2.42. The lowest BCUT2D eigenvalue weighted by molar-refractivity contribution is 0.0374. The van der Waals surface area contributed by atoms with Gasteiger partial charge in [0.1, 0.15) is 5.76 Å². The Kier molecular flexibility index (Phi) is 5.74. The second kappa shape index (κ2) is 7.98. The lowest BCUT2D eigenvalue weighted by atomic mass is 9.67. The molecule has 126 valence electrons. The molecule has 2 aliphatic rings. The summed E-state index contributed by atoms with van der Waals surface area (Å²) in [6, 6.07) is 11.0. The first-order valence-electron chi connectivity index (χ1n) is 9.05. The maximum Gasteiger partial charge on any atom is 0.101 e. The van der Waals surface area contributed by atoms with Crippen LogP contribution in [0.2, 0.25) is 0 Å². The topological polar surface area (TPSA) is 21.7 Å². The average molecular weight is 315 g/mol. The number of ether oxygens (including phenoxy) is 2. The zero-order valence-electron chi connectivity index (χ0n) is 14.5. The summed E-state index contributed by atoms with van der Waals surface area (Å²) in [6.45, 7) is 9.93. The van der Waals surface area contributed by atoms with Crippen LogP contribution in [0.15, 0.2) is 41.7 Å². The molecule has 1 saturated heterocycles. The number of benzene rings is 1. The van der Waals surface area contributed by atoms with Crippen molar-refractivity contribution < 1.29 is 9.47 Å². The molecule has 1 aromatic rings. The highest BCUT2D eigenvalue weighted by molar-refractivity contribution is 5.42. The smallest absolute Gasteiger partial charge is 0.101 e. The molecular formula is C20H29NO2. The molecule has 3 nitrogen and oxygen atoms in total. The van der Waals surface area contributed by atoms with Crippen LogP contribution in [-0.2, 0) is 9.47 Å². The molecule has 0 saturated carbocycles. The van der Waals surface area contributed by atoms with Gasteiger partial charge in [-0.15, -0.1) is 0 Å². The van der Waals surface area contributed by atoms with Crippen LogP contribution >= 0.6 is 0 Å². The summed E-state index contributed by atoms with van der Waals surface area (Å²) in [5, 5.41) is 0. The maximum atomic E-state index is 6.07. The van der Waals surface area contributed by atoms with Crippen LogP contribution < -0.4 is 0 Å². The molecule has 1 heterocycles. The minimum Gasteiger partial charge on any atom is -0.498 e. The summed E-state index contributed by atoms with van der Waals surface area (Å²) in [6.07, 6.45) is 2.41. The SMILES string of the molecule is CCCC1C(OCC)=C(CN2CCOCC2)C1c1ccccc1. The van der Waals surface area contributed by atoms with Crippen molar-refractivity contribution in [1.82, 2.24) is 4.90 Å². The van der Waals surface area contributed by atoms with E-state index in [9.17, 15) is 0 Å². The molecule has 23 heavy (non-hydrogen) atoms. The lowest BCUT2D eigenvalue weighted by Crippen LogP contribution is -2.42. The van der Waals surface area contributed by atoms with Crippen LogP contribution in [-0.4, -0.2) is 44.4 Å². The van der Waals surface area contributed by atoms with E-state index in [1.807, 2.05) is 0 Å². The Hall–Kier alpha value is -1.32. The Bertz CT molecular complexity index is 520. The van der Waals surface area contributed by atoms with Crippen LogP contribution in [0.1, 0.15) is 38.2 Å². The summed E-state index contributed by atoms with van der Waals surface area (Å²) >= 11 is 0. The summed E-state index contributed by atoms with van der Waals surface area (Å²) in [5.74, 6) is 2.36. The van der Waals surface area contributed by atoms with Gasteiger partial charge in [-0.3, -0.25) is 4.90 Å². The van der Waals surface area contributed by atoms with Crippen LogP contribution in [0.25, 0.3) is 0 Å². The minimum absolute atomic E-state index is 0.528. The molecule has 0 bridgehead atoms. The fourth-order valence-corrected chi connectivity index (χ4v) is 3.92. The molecule has 1 aliphatic heterocycles. The zero-order chi connectivity index (χ0) is 16.1. The summed E-state index contributed by atoms with van der Waals surface area (Å²) in [4.78, 5) is 2.51. The molecular weight excluding hydrogens is 286 g/mol. The van der Waals surface area contributed by atoms with E-state index in [1.54, 1.807) is 0 Å². The molecule has 2 atom stereocenters. The van der Waals surface area contributed by atoms with Gasteiger partial charge in [0.25, 0.3) is 0 Å². The van der Waals surface area contributed by atoms with Crippen LogP contribution in [0.5, 0.6) is 0 Å².